The van der Waals surface area contributed by atoms with Gasteiger partial charge in [-0.1, -0.05) is 29.3 Å². The van der Waals surface area contributed by atoms with E-state index in [1.165, 1.54) is 17.4 Å². The first-order valence-corrected chi connectivity index (χ1v) is 9.99. The van der Waals surface area contributed by atoms with Crippen molar-refractivity contribution < 1.29 is 14.3 Å². The van der Waals surface area contributed by atoms with Crippen LogP contribution in [0.2, 0.25) is 10.0 Å². The molecule has 0 aliphatic heterocycles. The van der Waals surface area contributed by atoms with Gasteiger partial charge < -0.3 is 15.4 Å². The van der Waals surface area contributed by atoms with Crippen molar-refractivity contribution in [3.05, 3.63) is 74.4 Å². The van der Waals surface area contributed by atoms with Crippen LogP contribution >= 0.6 is 34.5 Å². The van der Waals surface area contributed by atoms with Crippen molar-refractivity contribution in [1.82, 2.24) is 0 Å². The molecule has 0 atom stereocenters. The van der Waals surface area contributed by atoms with Crippen LogP contribution in [0, 0.1) is 0 Å². The quantitative estimate of drug-likeness (QED) is 0.502. The van der Waals surface area contributed by atoms with Crippen molar-refractivity contribution in [1.29, 1.82) is 0 Å². The number of carbonyl (C=O) groups excluding carboxylic acids is 2. The minimum absolute atomic E-state index is 0.289. The predicted molar refractivity (Wildman–Crippen MR) is 114 cm³/mol. The molecular formula is C20H16Cl2N2O3S. The number of hydrogen-bond donors (Lipinski definition) is 2. The number of ether oxygens (including phenoxy) is 1. The number of benzene rings is 2. The summed E-state index contributed by atoms with van der Waals surface area (Å²) in [7, 11) is 0. The van der Waals surface area contributed by atoms with E-state index < -0.39 is 0 Å². The van der Waals surface area contributed by atoms with Gasteiger partial charge in [-0.25, -0.2) is 0 Å². The van der Waals surface area contributed by atoms with Crippen LogP contribution in [0.1, 0.15) is 27.0 Å². The Labute approximate surface area is 176 Å². The Hall–Kier alpha value is -2.54. The zero-order chi connectivity index (χ0) is 20.1. The summed E-state index contributed by atoms with van der Waals surface area (Å²) in [5.41, 5.74) is 1.13. The molecule has 3 aromatic rings. The standard InChI is InChI=1S/C20H16Cl2N2O3S/c1-2-27-17-8-6-13(21)11-16(17)24-19(25)12-5-7-14(22)15(10-12)23-20(26)18-4-3-9-28-18/h3-11H,2H2,1H3,(H,23,26)(H,24,25). The highest BCUT2D eigenvalue weighted by atomic mass is 35.5. The summed E-state index contributed by atoms with van der Waals surface area (Å²) in [6, 6.07) is 13.1. The number of anilines is 2. The lowest BCUT2D eigenvalue weighted by Gasteiger charge is -2.13. The third-order valence-electron chi connectivity index (χ3n) is 3.71. The van der Waals surface area contributed by atoms with Gasteiger partial charge in [0, 0.05) is 10.6 Å². The van der Waals surface area contributed by atoms with Gasteiger partial charge in [0.2, 0.25) is 0 Å². The average molecular weight is 435 g/mol. The van der Waals surface area contributed by atoms with Crippen molar-refractivity contribution in [2.24, 2.45) is 0 Å². The van der Waals surface area contributed by atoms with E-state index in [9.17, 15) is 9.59 Å². The van der Waals surface area contributed by atoms with Crippen LogP contribution in [0.5, 0.6) is 5.75 Å². The topological polar surface area (TPSA) is 67.4 Å². The molecule has 0 saturated carbocycles. The molecule has 0 fully saturated rings. The molecule has 2 N–H and O–H groups in total. The number of nitrogens with one attached hydrogen (secondary N) is 2. The summed E-state index contributed by atoms with van der Waals surface area (Å²) in [4.78, 5) is 25.5. The van der Waals surface area contributed by atoms with Gasteiger partial charge in [0.15, 0.2) is 0 Å². The molecule has 3 rings (SSSR count). The molecule has 1 aromatic heterocycles. The fraction of sp³-hybridized carbons (Fsp3) is 0.100. The first kappa shape index (κ1) is 20.2. The lowest BCUT2D eigenvalue weighted by Crippen LogP contribution is -2.15. The van der Waals surface area contributed by atoms with Crippen LogP contribution in [0.4, 0.5) is 11.4 Å². The molecule has 0 unspecified atom stereocenters. The predicted octanol–water partition coefficient (Wildman–Crippen LogP) is 5.96. The zero-order valence-corrected chi connectivity index (χ0v) is 17.1. The molecule has 5 nitrogen and oxygen atoms in total. The molecule has 0 bridgehead atoms. The van der Waals surface area contributed by atoms with Crippen molar-refractivity contribution in [3.8, 4) is 5.75 Å². The van der Waals surface area contributed by atoms with Crippen LogP contribution in [-0.2, 0) is 0 Å². The monoisotopic (exact) mass is 434 g/mol. The molecule has 8 heteroatoms. The van der Waals surface area contributed by atoms with E-state index in [1.54, 1.807) is 47.8 Å². The molecule has 28 heavy (non-hydrogen) atoms. The lowest BCUT2D eigenvalue weighted by atomic mass is 10.1. The number of rotatable bonds is 6. The molecule has 0 saturated heterocycles. The first-order chi connectivity index (χ1) is 13.5. The maximum atomic E-state index is 12.7. The zero-order valence-electron chi connectivity index (χ0n) is 14.8. The summed E-state index contributed by atoms with van der Waals surface area (Å²) in [5.74, 6) is -0.158. The van der Waals surface area contributed by atoms with E-state index in [2.05, 4.69) is 10.6 Å². The van der Waals surface area contributed by atoms with Gasteiger partial charge >= 0.3 is 0 Å². The van der Waals surface area contributed by atoms with E-state index in [4.69, 9.17) is 27.9 Å². The van der Waals surface area contributed by atoms with Gasteiger partial charge in [-0.05, 0) is 54.8 Å². The number of carbonyl (C=O) groups is 2. The van der Waals surface area contributed by atoms with Crippen LogP contribution in [0.3, 0.4) is 0 Å². The molecule has 0 spiro atoms. The largest absolute Gasteiger partial charge is 0.492 e. The van der Waals surface area contributed by atoms with Crippen molar-refractivity contribution >= 4 is 57.7 Å². The number of halogens is 2. The lowest BCUT2D eigenvalue weighted by molar-refractivity contribution is 0.101. The SMILES string of the molecule is CCOc1ccc(Cl)cc1NC(=O)c1ccc(Cl)c(NC(=O)c2cccs2)c1. The maximum absolute atomic E-state index is 12.7. The van der Waals surface area contributed by atoms with E-state index in [0.717, 1.165) is 0 Å². The van der Waals surface area contributed by atoms with Crippen molar-refractivity contribution in [2.45, 2.75) is 6.92 Å². The number of amides is 2. The average Bonchev–Trinajstić information content (AvgIpc) is 3.20. The highest BCUT2D eigenvalue weighted by Gasteiger charge is 2.15. The van der Waals surface area contributed by atoms with Crippen molar-refractivity contribution in [3.63, 3.8) is 0 Å². The van der Waals surface area contributed by atoms with E-state index in [0.29, 0.717) is 44.2 Å². The molecule has 144 valence electrons. The molecule has 0 aliphatic rings. The van der Waals surface area contributed by atoms with Gasteiger partial charge in [0.1, 0.15) is 5.75 Å². The Balaban J connectivity index is 1.81. The Kier molecular flexibility index (Phi) is 6.57. The van der Waals surface area contributed by atoms with Gasteiger partial charge in [0.25, 0.3) is 11.8 Å². The summed E-state index contributed by atoms with van der Waals surface area (Å²) in [6.45, 7) is 2.30. The van der Waals surface area contributed by atoms with Gasteiger partial charge in [-0.2, -0.15) is 0 Å². The fourth-order valence-corrected chi connectivity index (χ4v) is 3.39. The second-order valence-corrected chi connectivity index (χ2v) is 7.44. The molecule has 2 amide bonds. The normalized spacial score (nSPS) is 10.4. The van der Waals surface area contributed by atoms with E-state index in [1.807, 2.05) is 6.92 Å². The van der Waals surface area contributed by atoms with E-state index in [-0.39, 0.29) is 11.8 Å². The second kappa shape index (κ2) is 9.10. The first-order valence-electron chi connectivity index (χ1n) is 8.36. The number of hydrogen-bond acceptors (Lipinski definition) is 4. The molecule has 0 radical (unpaired) electrons. The summed E-state index contributed by atoms with van der Waals surface area (Å²) in [6.07, 6.45) is 0. The third-order valence-corrected chi connectivity index (χ3v) is 5.14. The minimum atomic E-state index is -0.383. The molecule has 1 heterocycles. The third kappa shape index (κ3) is 4.84. The van der Waals surface area contributed by atoms with Crippen molar-refractivity contribution in [2.75, 3.05) is 17.2 Å². The molecule has 0 aliphatic carbocycles. The molecular weight excluding hydrogens is 419 g/mol. The van der Waals surface area contributed by atoms with Gasteiger partial charge in [-0.3, -0.25) is 9.59 Å². The number of thiophene rings is 1. The summed E-state index contributed by atoms with van der Waals surface area (Å²) in [5, 5.41) is 8.11. The minimum Gasteiger partial charge on any atom is -0.492 e. The van der Waals surface area contributed by atoms with Gasteiger partial charge in [0.05, 0.1) is 27.9 Å². The second-order valence-electron chi connectivity index (χ2n) is 5.65. The van der Waals surface area contributed by atoms with E-state index >= 15 is 0 Å². The Morgan fingerprint density at radius 2 is 1.79 bits per heavy atom. The highest BCUT2D eigenvalue weighted by Crippen LogP contribution is 2.29. The Morgan fingerprint density at radius 1 is 1.00 bits per heavy atom. The maximum Gasteiger partial charge on any atom is 0.265 e. The fourth-order valence-electron chi connectivity index (χ4n) is 2.43. The smallest absolute Gasteiger partial charge is 0.265 e. The van der Waals surface area contributed by atoms with Crippen LogP contribution in [0.15, 0.2) is 53.9 Å². The summed E-state index contributed by atoms with van der Waals surface area (Å²) >= 11 is 13.5. The summed E-state index contributed by atoms with van der Waals surface area (Å²) < 4.78 is 5.52. The highest BCUT2D eigenvalue weighted by molar-refractivity contribution is 7.12. The van der Waals surface area contributed by atoms with Crippen LogP contribution in [-0.4, -0.2) is 18.4 Å². The van der Waals surface area contributed by atoms with Crippen LogP contribution < -0.4 is 15.4 Å². The van der Waals surface area contributed by atoms with Gasteiger partial charge in [-0.15, -0.1) is 11.3 Å². The Morgan fingerprint density at radius 3 is 2.50 bits per heavy atom. The molecule has 2 aromatic carbocycles. The Bertz CT molecular complexity index is 1010. The van der Waals surface area contributed by atoms with Crippen LogP contribution in [0.25, 0.3) is 0 Å².